The van der Waals surface area contributed by atoms with Gasteiger partial charge >= 0.3 is 5.97 Å². The molecular weight excluding hydrogens is 224 g/mol. The van der Waals surface area contributed by atoms with Crippen molar-refractivity contribution in [1.82, 2.24) is 0 Å². The zero-order valence-electron chi connectivity index (χ0n) is 10.4. The van der Waals surface area contributed by atoms with Gasteiger partial charge < -0.3 is 4.74 Å². The van der Waals surface area contributed by atoms with Crippen LogP contribution in [0, 0.1) is 0 Å². The molecule has 2 rings (SSSR count). The summed E-state index contributed by atoms with van der Waals surface area (Å²) in [6.45, 7) is 2.45. The smallest absolute Gasteiger partial charge is 0.338 e. The maximum absolute atomic E-state index is 11.8. The van der Waals surface area contributed by atoms with Crippen LogP contribution in [0.2, 0.25) is 0 Å². The van der Waals surface area contributed by atoms with Crippen molar-refractivity contribution in [1.29, 1.82) is 0 Å². The Morgan fingerprint density at radius 1 is 1.00 bits per heavy atom. The first kappa shape index (κ1) is 12.4. The molecule has 18 heavy (non-hydrogen) atoms. The van der Waals surface area contributed by atoms with Crippen LogP contribution in [-0.4, -0.2) is 12.6 Å². The highest BCUT2D eigenvalue weighted by Gasteiger charge is 2.10. The van der Waals surface area contributed by atoms with Crippen molar-refractivity contribution in [2.75, 3.05) is 6.61 Å². The summed E-state index contributed by atoms with van der Waals surface area (Å²) in [7, 11) is 0. The van der Waals surface area contributed by atoms with E-state index in [9.17, 15) is 4.79 Å². The Bertz CT molecular complexity index is 491. The van der Waals surface area contributed by atoms with E-state index in [2.05, 4.69) is 0 Å². The Hall–Kier alpha value is -2.09. The van der Waals surface area contributed by atoms with Gasteiger partial charge in [-0.05, 0) is 17.7 Å². The van der Waals surface area contributed by atoms with Crippen molar-refractivity contribution in [3.63, 3.8) is 0 Å². The molecule has 0 amide bonds. The Morgan fingerprint density at radius 2 is 1.56 bits per heavy atom. The molecule has 0 aliphatic carbocycles. The van der Waals surface area contributed by atoms with Gasteiger partial charge in [-0.2, -0.15) is 0 Å². The van der Waals surface area contributed by atoms with E-state index in [-0.39, 0.29) is 11.9 Å². The van der Waals surface area contributed by atoms with E-state index in [4.69, 9.17) is 4.74 Å². The van der Waals surface area contributed by atoms with Crippen LogP contribution in [-0.2, 0) is 4.74 Å². The minimum absolute atomic E-state index is 0.207. The van der Waals surface area contributed by atoms with E-state index in [0.29, 0.717) is 12.2 Å². The minimum Gasteiger partial charge on any atom is -0.461 e. The molecule has 2 aromatic carbocycles. The lowest BCUT2D eigenvalue weighted by atomic mass is 10.0. The quantitative estimate of drug-likeness (QED) is 0.762. The largest absolute Gasteiger partial charge is 0.461 e. The van der Waals surface area contributed by atoms with Gasteiger partial charge in [-0.25, -0.2) is 4.79 Å². The lowest BCUT2D eigenvalue weighted by molar-refractivity contribution is 0.0485. The fourth-order valence-electron chi connectivity index (χ4n) is 1.74. The van der Waals surface area contributed by atoms with Gasteiger partial charge in [0.15, 0.2) is 0 Å². The van der Waals surface area contributed by atoms with Crippen LogP contribution in [0.15, 0.2) is 60.7 Å². The van der Waals surface area contributed by atoms with Crippen molar-refractivity contribution in [3.8, 4) is 0 Å². The second-order valence-corrected chi connectivity index (χ2v) is 4.28. The minimum atomic E-state index is -0.265. The van der Waals surface area contributed by atoms with E-state index in [1.54, 1.807) is 12.1 Å². The molecule has 0 radical (unpaired) electrons. The molecule has 2 heteroatoms. The van der Waals surface area contributed by atoms with Gasteiger partial charge in [0.05, 0.1) is 12.2 Å². The summed E-state index contributed by atoms with van der Waals surface area (Å²) in [6, 6.07) is 19.1. The van der Waals surface area contributed by atoms with E-state index >= 15 is 0 Å². The first-order valence-corrected chi connectivity index (χ1v) is 6.04. The number of carbonyl (C=O) groups excluding carboxylic acids is 1. The fraction of sp³-hybridized carbons (Fsp3) is 0.188. The third-order valence-corrected chi connectivity index (χ3v) is 2.84. The number of ether oxygens (including phenoxy) is 1. The summed E-state index contributed by atoms with van der Waals surface area (Å²) in [6.07, 6.45) is 0. The highest BCUT2D eigenvalue weighted by molar-refractivity contribution is 5.89. The van der Waals surface area contributed by atoms with E-state index < -0.39 is 0 Å². The predicted molar refractivity (Wildman–Crippen MR) is 71.6 cm³/mol. The van der Waals surface area contributed by atoms with Gasteiger partial charge in [-0.1, -0.05) is 55.5 Å². The summed E-state index contributed by atoms with van der Waals surface area (Å²) in [5, 5.41) is 0. The predicted octanol–water partition coefficient (Wildman–Crippen LogP) is 3.65. The standard InChI is InChI=1S/C16H16O2/c1-13(14-8-4-2-5-9-14)12-18-16(17)15-10-6-3-7-11-15/h2-11,13H,12H2,1H3. The second kappa shape index (κ2) is 6.01. The highest BCUT2D eigenvalue weighted by Crippen LogP contribution is 2.15. The normalized spacial score (nSPS) is 11.8. The number of hydrogen-bond donors (Lipinski definition) is 0. The van der Waals surface area contributed by atoms with Gasteiger partial charge in [0.25, 0.3) is 0 Å². The van der Waals surface area contributed by atoms with Gasteiger partial charge in [0.1, 0.15) is 0 Å². The number of hydrogen-bond acceptors (Lipinski definition) is 2. The van der Waals surface area contributed by atoms with Crippen LogP contribution in [0.25, 0.3) is 0 Å². The van der Waals surface area contributed by atoms with Gasteiger partial charge in [0.2, 0.25) is 0 Å². The number of benzene rings is 2. The Balaban J connectivity index is 1.91. The Kier molecular flexibility index (Phi) is 4.13. The van der Waals surface area contributed by atoms with Crippen LogP contribution < -0.4 is 0 Å². The summed E-state index contributed by atoms with van der Waals surface area (Å²) in [4.78, 5) is 11.8. The number of carbonyl (C=O) groups is 1. The lowest BCUT2D eigenvalue weighted by Crippen LogP contribution is -2.11. The maximum atomic E-state index is 11.8. The molecule has 0 fully saturated rings. The molecule has 1 atom stereocenters. The van der Waals surface area contributed by atoms with Crippen molar-refractivity contribution in [2.45, 2.75) is 12.8 Å². The molecular formula is C16H16O2. The van der Waals surface area contributed by atoms with E-state index in [0.717, 1.165) is 0 Å². The maximum Gasteiger partial charge on any atom is 0.338 e. The molecule has 0 saturated carbocycles. The average Bonchev–Trinajstić information content (AvgIpc) is 2.46. The molecule has 2 nitrogen and oxygen atoms in total. The second-order valence-electron chi connectivity index (χ2n) is 4.28. The van der Waals surface area contributed by atoms with Crippen molar-refractivity contribution < 1.29 is 9.53 Å². The third kappa shape index (κ3) is 3.20. The first-order valence-electron chi connectivity index (χ1n) is 6.04. The Morgan fingerprint density at radius 3 is 2.17 bits per heavy atom. The molecule has 0 N–H and O–H groups in total. The van der Waals surface area contributed by atoms with Crippen LogP contribution in [0.5, 0.6) is 0 Å². The molecule has 1 unspecified atom stereocenters. The molecule has 0 aliphatic rings. The summed E-state index contributed by atoms with van der Waals surface area (Å²) in [5.74, 6) is -0.0581. The molecule has 0 bridgehead atoms. The highest BCUT2D eigenvalue weighted by atomic mass is 16.5. The Labute approximate surface area is 107 Å². The number of rotatable bonds is 4. The SMILES string of the molecule is CC(COC(=O)c1ccccc1)c1ccccc1. The van der Waals surface area contributed by atoms with Crippen LogP contribution in [0.3, 0.4) is 0 Å². The molecule has 0 aliphatic heterocycles. The topological polar surface area (TPSA) is 26.3 Å². The third-order valence-electron chi connectivity index (χ3n) is 2.84. The van der Waals surface area contributed by atoms with Crippen LogP contribution in [0.1, 0.15) is 28.8 Å². The zero-order chi connectivity index (χ0) is 12.8. The summed E-state index contributed by atoms with van der Waals surface area (Å²) in [5.41, 5.74) is 1.77. The van der Waals surface area contributed by atoms with E-state index in [1.165, 1.54) is 5.56 Å². The zero-order valence-corrected chi connectivity index (χ0v) is 10.4. The molecule has 0 heterocycles. The van der Waals surface area contributed by atoms with Crippen molar-refractivity contribution >= 4 is 5.97 Å². The van der Waals surface area contributed by atoms with Gasteiger partial charge in [-0.3, -0.25) is 0 Å². The molecule has 92 valence electrons. The van der Waals surface area contributed by atoms with Gasteiger partial charge in [-0.15, -0.1) is 0 Å². The summed E-state index contributed by atoms with van der Waals surface area (Å²) >= 11 is 0. The average molecular weight is 240 g/mol. The van der Waals surface area contributed by atoms with Crippen LogP contribution >= 0.6 is 0 Å². The van der Waals surface area contributed by atoms with Crippen LogP contribution in [0.4, 0.5) is 0 Å². The monoisotopic (exact) mass is 240 g/mol. The number of esters is 1. The molecule has 0 saturated heterocycles. The molecule has 0 aromatic heterocycles. The lowest BCUT2D eigenvalue weighted by Gasteiger charge is -2.12. The fourth-order valence-corrected chi connectivity index (χ4v) is 1.74. The van der Waals surface area contributed by atoms with E-state index in [1.807, 2.05) is 55.5 Å². The molecule has 2 aromatic rings. The summed E-state index contributed by atoms with van der Waals surface area (Å²) < 4.78 is 5.31. The van der Waals surface area contributed by atoms with Crippen molar-refractivity contribution in [2.24, 2.45) is 0 Å². The van der Waals surface area contributed by atoms with Crippen molar-refractivity contribution in [3.05, 3.63) is 71.8 Å². The first-order chi connectivity index (χ1) is 8.77. The molecule has 0 spiro atoms. The van der Waals surface area contributed by atoms with Gasteiger partial charge in [0, 0.05) is 5.92 Å².